The molecule has 1 atom stereocenters. The van der Waals surface area contributed by atoms with E-state index in [1.54, 1.807) is 12.0 Å². The van der Waals surface area contributed by atoms with Crippen molar-refractivity contribution in [1.29, 1.82) is 0 Å². The number of benzene rings is 1. The summed E-state index contributed by atoms with van der Waals surface area (Å²) in [5.74, 6) is 1.22. The van der Waals surface area contributed by atoms with Crippen molar-refractivity contribution in [2.75, 3.05) is 31.6 Å². The number of ether oxygens (including phenoxy) is 2. The second-order valence-electron chi connectivity index (χ2n) is 5.32. The van der Waals surface area contributed by atoms with E-state index in [1.807, 2.05) is 24.3 Å². The second kappa shape index (κ2) is 5.71. The highest BCUT2D eigenvalue weighted by Crippen LogP contribution is 2.30. The highest BCUT2D eigenvalue weighted by Gasteiger charge is 2.37. The van der Waals surface area contributed by atoms with Crippen molar-refractivity contribution in [2.45, 2.75) is 18.9 Å². The summed E-state index contributed by atoms with van der Waals surface area (Å²) in [5, 5.41) is 3.34. The molecule has 2 heterocycles. The number of anilines is 1. The van der Waals surface area contributed by atoms with Crippen LogP contribution in [-0.4, -0.2) is 38.9 Å². The first kappa shape index (κ1) is 13.2. The molecular weight excluding hydrogens is 256 g/mol. The number of cyclic esters (lactones) is 1. The minimum absolute atomic E-state index is 0.0100. The standard InChI is InChI=1S/C15H20N2O3/c1-19-13-4-2-3-12(9-13)17-10-14(20-15(17)18)11-5-7-16-8-6-11/h2-4,9,11,14,16H,5-8,10H2,1H3. The van der Waals surface area contributed by atoms with Crippen LogP contribution in [-0.2, 0) is 4.74 Å². The molecule has 0 bridgehead atoms. The number of nitrogens with zero attached hydrogens (tertiary/aromatic N) is 1. The van der Waals surface area contributed by atoms with E-state index < -0.39 is 0 Å². The SMILES string of the molecule is COc1cccc(N2CC(C3CCNCC3)OC2=O)c1. The van der Waals surface area contributed by atoms with E-state index in [4.69, 9.17) is 9.47 Å². The minimum Gasteiger partial charge on any atom is -0.497 e. The average molecular weight is 276 g/mol. The van der Waals surface area contributed by atoms with Gasteiger partial charge in [0.15, 0.2) is 0 Å². The Morgan fingerprint density at radius 3 is 2.90 bits per heavy atom. The van der Waals surface area contributed by atoms with E-state index in [1.165, 1.54) is 0 Å². The van der Waals surface area contributed by atoms with Crippen LogP contribution < -0.4 is 15.0 Å². The summed E-state index contributed by atoms with van der Waals surface area (Å²) in [4.78, 5) is 13.8. The molecule has 3 rings (SSSR count). The van der Waals surface area contributed by atoms with Gasteiger partial charge in [0.25, 0.3) is 0 Å². The largest absolute Gasteiger partial charge is 0.497 e. The molecule has 20 heavy (non-hydrogen) atoms. The number of rotatable bonds is 3. The van der Waals surface area contributed by atoms with Crippen LogP contribution >= 0.6 is 0 Å². The fraction of sp³-hybridized carbons (Fsp3) is 0.533. The molecule has 5 nitrogen and oxygen atoms in total. The Bertz CT molecular complexity index is 486. The van der Waals surface area contributed by atoms with E-state index in [9.17, 15) is 4.79 Å². The maximum atomic E-state index is 12.1. The Hall–Kier alpha value is -1.75. The van der Waals surface area contributed by atoms with Crippen LogP contribution in [0.3, 0.4) is 0 Å². The summed E-state index contributed by atoms with van der Waals surface area (Å²) in [6.07, 6.45) is 1.91. The van der Waals surface area contributed by atoms with Gasteiger partial charge >= 0.3 is 6.09 Å². The highest BCUT2D eigenvalue weighted by molar-refractivity contribution is 5.90. The molecule has 0 aromatic heterocycles. The van der Waals surface area contributed by atoms with E-state index in [2.05, 4.69) is 5.32 Å². The Balaban J connectivity index is 1.72. The lowest BCUT2D eigenvalue weighted by Gasteiger charge is -2.26. The molecule has 1 aromatic rings. The molecular formula is C15H20N2O3. The van der Waals surface area contributed by atoms with Gasteiger partial charge in [0.2, 0.25) is 0 Å². The Morgan fingerprint density at radius 1 is 1.35 bits per heavy atom. The lowest BCUT2D eigenvalue weighted by molar-refractivity contribution is 0.0919. The van der Waals surface area contributed by atoms with E-state index in [0.29, 0.717) is 12.5 Å². The molecule has 0 aliphatic carbocycles. The summed E-state index contributed by atoms with van der Waals surface area (Å²) >= 11 is 0. The van der Waals surface area contributed by atoms with Crippen molar-refractivity contribution < 1.29 is 14.3 Å². The van der Waals surface area contributed by atoms with Gasteiger partial charge in [0.1, 0.15) is 11.9 Å². The number of piperidine rings is 1. The quantitative estimate of drug-likeness (QED) is 0.917. The van der Waals surface area contributed by atoms with E-state index in [-0.39, 0.29) is 12.2 Å². The topological polar surface area (TPSA) is 50.8 Å². The van der Waals surface area contributed by atoms with Gasteiger partial charge in [-0.1, -0.05) is 6.07 Å². The molecule has 2 saturated heterocycles. The fourth-order valence-corrected chi connectivity index (χ4v) is 2.94. The first-order valence-electron chi connectivity index (χ1n) is 7.11. The maximum absolute atomic E-state index is 12.1. The van der Waals surface area contributed by atoms with Crippen LogP contribution in [0.1, 0.15) is 12.8 Å². The molecule has 2 aliphatic heterocycles. The van der Waals surface area contributed by atoms with Gasteiger partial charge in [-0.05, 0) is 38.1 Å². The third-order valence-corrected chi connectivity index (χ3v) is 4.11. The molecule has 1 aromatic carbocycles. The molecule has 2 fully saturated rings. The lowest BCUT2D eigenvalue weighted by Crippen LogP contribution is -2.36. The van der Waals surface area contributed by atoms with Gasteiger partial charge in [-0.3, -0.25) is 4.90 Å². The number of hydrogen-bond acceptors (Lipinski definition) is 4. The van der Waals surface area contributed by atoms with E-state index in [0.717, 1.165) is 37.4 Å². The number of nitrogens with one attached hydrogen (secondary N) is 1. The predicted octanol–water partition coefficient (Wildman–Crippen LogP) is 2.02. The van der Waals surface area contributed by atoms with Gasteiger partial charge in [-0.2, -0.15) is 0 Å². The predicted molar refractivity (Wildman–Crippen MR) is 76.2 cm³/mol. The van der Waals surface area contributed by atoms with Crippen molar-refractivity contribution in [1.82, 2.24) is 5.32 Å². The molecule has 5 heteroatoms. The van der Waals surface area contributed by atoms with Gasteiger partial charge in [0, 0.05) is 12.0 Å². The second-order valence-corrected chi connectivity index (χ2v) is 5.32. The van der Waals surface area contributed by atoms with Gasteiger partial charge < -0.3 is 14.8 Å². The molecule has 1 amide bonds. The summed E-state index contributed by atoms with van der Waals surface area (Å²) in [5.41, 5.74) is 0.839. The molecule has 0 saturated carbocycles. The monoisotopic (exact) mass is 276 g/mol. The van der Waals surface area contributed by atoms with Crippen LogP contribution in [0.25, 0.3) is 0 Å². The van der Waals surface area contributed by atoms with Crippen LogP contribution in [0.5, 0.6) is 5.75 Å². The van der Waals surface area contributed by atoms with Crippen molar-refractivity contribution in [3.63, 3.8) is 0 Å². The first-order chi connectivity index (χ1) is 9.78. The summed E-state index contributed by atoms with van der Waals surface area (Å²) in [7, 11) is 1.62. The zero-order valence-corrected chi connectivity index (χ0v) is 11.7. The van der Waals surface area contributed by atoms with Gasteiger partial charge in [0.05, 0.1) is 19.3 Å². The number of amides is 1. The van der Waals surface area contributed by atoms with E-state index >= 15 is 0 Å². The van der Waals surface area contributed by atoms with Crippen molar-refractivity contribution in [3.05, 3.63) is 24.3 Å². The third-order valence-electron chi connectivity index (χ3n) is 4.11. The number of carbonyl (C=O) groups excluding carboxylic acids is 1. The maximum Gasteiger partial charge on any atom is 0.414 e. The third kappa shape index (κ3) is 2.58. The minimum atomic E-state index is -0.248. The van der Waals surface area contributed by atoms with Crippen molar-refractivity contribution >= 4 is 11.8 Å². The molecule has 2 aliphatic rings. The van der Waals surface area contributed by atoms with Crippen LogP contribution in [0, 0.1) is 5.92 Å². The first-order valence-corrected chi connectivity index (χ1v) is 7.11. The van der Waals surface area contributed by atoms with Gasteiger partial charge in [-0.25, -0.2) is 4.79 Å². The molecule has 0 spiro atoms. The van der Waals surface area contributed by atoms with Crippen molar-refractivity contribution in [3.8, 4) is 5.75 Å². The lowest BCUT2D eigenvalue weighted by atomic mass is 9.92. The average Bonchev–Trinajstić information content (AvgIpc) is 2.90. The highest BCUT2D eigenvalue weighted by atomic mass is 16.6. The summed E-state index contributed by atoms with van der Waals surface area (Å²) < 4.78 is 10.8. The summed E-state index contributed by atoms with van der Waals surface area (Å²) in [6.45, 7) is 2.66. The Morgan fingerprint density at radius 2 is 2.15 bits per heavy atom. The smallest absolute Gasteiger partial charge is 0.414 e. The Labute approximate surface area is 118 Å². The molecule has 108 valence electrons. The van der Waals surface area contributed by atoms with Crippen LogP contribution in [0.15, 0.2) is 24.3 Å². The molecule has 0 radical (unpaired) electrons. The van der Waals surface area contributed by atoms with Crippen molar-refractivity contribution in [2.24, 2.45) is 5.92 Å². The molecule has 1 N–H and O–H groups in total. The van der Waals surface area contributed by atoms with Crippen LogP contribution in [0.2, 0.25) is 0 Å². The number of hydrogen-bond donors (Lipinski definition) is 1. The van der Waals surface area contributed by atoms with Gasteiger partial charge in [-0.15, -0.1) is 0 Å². The zero-order valence-electron chi connectivity index (χ0n) is 11.7. The zero-order chi connectivity index (χ0) is 13.9. The molecule has 1 unspecified atom stereocenters. The number of methoxy groups -OCH3 is 1. The Kier molecular flexibility index (Phi) is 3.78. The summed E-state index contributed by atoms with van der Waals surface area (Å²) in [6, 6.07) is 7.54. The fourth-order valence-electron chi connectivity index (χ4n) is 2.94. The number of carbonyl (C=O) groups is 1. The van der Waals surface area contributed by atoms with Crippen LogP contribution in [0.4, 0.5) is 10.5 Å². The normalized spacial score (nSPS) is 23.8.